The van der Waals surface area contributed by atoms with Crippen LogP contribution in [0.4, 0.5) is 13.2 Å². The van der Waals surface area contributed by atoms with Gasteiger partial charge in [0.1, 0.15) is 17.9 Å². The number of ether oxygens (including phenoxy) is 1. The number of aliphatic carboxylic acids is 1. The predicted molar refractivity (Wildman–Crippen MR) is 159 cm³/mol. The van der Waals surface area contributed by atoms with E-state index in [1.54, 1.807) is 60.4 Å². The molecule has 10 nitrogen and oxygen atoms in total. The molecule has 0 amide bonds. The van der Waals surface area contributed by atoms with Gasteiger partial charge in [0.05, 0.1) is 29.2 Å². The Balaban J connectivity index is 1.53. The van der Waals surface area contributed by atoms with Crippen LogP contribution in [0.5, 0.6) is 0 Å². The predicted octanol–water partition coefficient (Wildman–Crippen LogP) is 4.20. The van der Waals surface area contributed by atoms with Crippen molar-refractivity contribution in [1.82, 2.24) is 25.2 Å². The monoisotopic (exact) mass is 654 g/mol. The maximum Gasteiger partial charge on any atom is 0.338 e. The van der Waals surface area contributed by atoms with Crippen LogP contribution in [0.1, 0.15) is 43.8 Å². The number of hydrogen-bond donors (Lipinski definition) is 2. The Bertz CT molecular complexity index is 1490. The number of benzene rings is 1. The number of nitrogens with zero attached hydrogens (tertiary/aromatic N) is 5. The van der Waals surface area contributed by atoms with Crippen LogP contribution in [-0.2, 0) is 14.3 Å². The second-order valence-electron chi connectivity index (χ2n) is 11.7. The van der Waals surface area contributed by atoms with E-state index in [0.29, 0.717) is 5.01 Å². The molecule has 0 spiro atoms. The van der Waals surface area contributed by atoms with Crippen molar-refractivity contribution in [2.45, 2.75) is 51.2 Å². The summed E-state index contributed by atoms with van der Waals surface area (Å²) in [4.78, 5) is 35.8. The summed E-state index contributed by atoms with van der Waals surface area (Å²) in [6.07, 6.45) is 1.76. The molecule has 2 N–H and O–H groups in total. The first-order valence-electron chi connectivity index (χ1n) is 14.2. The first kappa shape index (κ1) is 32.4. The molecule has 0 aliphatic carbocycles. The van der Waals surface area contributed by atoms with Crippen molar-refractivity contribution in [3.8, 4) is 0 Å². The highest BCUT2D eigenvalue weighted by atomic mass is 35.5. The molecule has 4 heterocycles. The van der Waals surface area contributed by atoms with E-state index in [1.807, 2.05) is 0 Å². The lowest BCUT2D eigenvalue weighted by Gasteiger charge is -2.33. The number of thiazole rings is 1. The van der Waals surface area contributed by atoms with E-state index in [-0.39, 0.29) is 60.4 Å². The number of likely N-dealkylation sites (tertiary alicyclic amines) is 1. The summed E-state index contributed by atoms with van der Waals surface area (Å²) in [6.45, 7) is 4.54. The SMILES string of the molecule is CCOC(=O)C1=C(CN2CC(F)(F)C3C2CN(C)N3CCC(C)(C)C(=O)O)NC(c2nccs2)=NC1c1cccc(F)c1Cl. The van der Waals surface area contributed by atoms with E-state index in [0.717, 1.165) is 0 Å². The van der Waals surface area contributed by atoms with E-state index in [1.165, 1.54) is 23.5 Å². The van der Waals surface area contributed by atoms with Crippen LogP contribution < -0.4 is 5.32 Å². The van der Waals surface area contributed by atoms with Gasteiger partial charge in [-0.1, -0.05) is 23.7 Å². The molecule has 15 heteroatoms. The van der Waals surface area contributed by atoms with Crippen LogP contribution in [0.3, 0.4) is 0 Å². The number of halogens is 4. The molecule has 3 aliphatic heterocycles. The highest BCUT2D eigenvalue weighted by Crippen LogP contribution is 2.43. The van der Waals surface area contributed by atoms with Gasteiger partial charge in [-0.2, -0.15) is 0 Å². The number of amidine groups is 1. The maximum absolute atomic E-state index is 15.8. The number of rotatable bonds is 10. The summed E-state index contributed by atoms with van der Waals surface area (Å²) < 4.78 is 51.6. The molecule has 2 fully saturated rings. The fourth-order valence-electron chi connectivity index (χ4n) is 5.95. The second-order valence-corrected chi connectivity index (χ2v) is 13.0. The number of carbonyl (C=O) groups is 2. The van der Waals surface area contributed by atoms with Crippen molar-refractivity contribution < 1.29 is 32.6 Å². The highest BCUT2D eigenvalue weighted by molar-refractivity contribution is 7.11. The van der Waals surface area contributed by atoms with Gasteiger partial charge in [0.15, 0.2) is 10.8 Å². The van der Waals surface area contributed by atoms with E-state index >= 15 is 8.78 Å². The molecule has 3 aliphatic rings. The number of fused-ring (bicyclic) bond motifs is 1. The van der Waals surface area contributed by atoms with Crippen molar-refractivity contribution in [2.24, 2.45) is 10.4 Å². The van der Waals surface area contributed by atoms with Gasteiger partial charge in [-0.05, 0) is 33.3 Å². The van der Waals surface area contributed by atoms with Crippen LogP contribution in [0.15, 0.2) is 46.0 Å². The number of hydrazine groups is 1. The minimum atomic E-state index is -3.14. The molecule has 238 valence electrons. The second kappa shape index (κ2) is 12.4. The Labute approximate surface area is 262 Å². The van der Waals surface area contributed by atoms with Crippen LogP contribution in [0.25, 0.3) is 0 Å². The average Bonchev–Trinajstić information content (AvgIpc) is 3.66. The Morgan fingerprint density at radius 2 is 2.07 bits per heavy atom. The van der Waals surface area contributed by atoms with Gasteiger partial charge in [-0.25, -0.2) is 33.0 Å². The van der Waals surface area contributed by atoms with E-state index in [9.17, 15) is 19.1 Å². The molecule has 2 saturated heterocycles. The standard InChI is InChI=1S/C29H34ClF3N6O4S/c1-5-43-26(40)20-18(35-24(25-34-10-12-44-25)36-22(20)16-7-6-8-17(31)21(16)30)13-38-15-29(32,33)23-19(38)14-37(4)39(23)11-9-28(2,3)27(41)42/h6-8,10,12,19,22-23H,5,9,11,13-15H2,1-4H3,(H,35,36)(H,41,42). The molecular weight excluding hydrogens is 621 g/mol. The van der Waals surface area contributed by atoms with Gasteiger partial charge in [-0.3, -0.25) is 14.7 Å². The van der Waals surface area contributed by atoms with E-state index in [4.69, 9.17) is 21.3 Å². The lowest BCUT2D eigenvalue weighted by Crippen LogP contribution is -2.49. The van der Waals surface area contributed by atoms with Crippen molar-refractivity contribution in [3.63, 3.8) is 0 Å². The zero-order valence-corrected chi connectivity index (χ0v) is 26.3. The molecule has 0 radical (unpaired) electrons. The Morgan fingerprint density at radius 3 is 2.73 bits per heavy atom. The maximum atomic E-state index is 15.8. The lowest BCUT2D eigenvalue weighted by atomic mass is 9.89. The molecule has 5 rings (SSSR count). The summed E-state index contributed by atoms with van der Waals surface area (Å²) >= 11 is 7.66. The van der Waals surface area contributed by atoms with Gasteiger partial charge >= 0.3 is 11.9 Å². The third-order valence-corrected chi connectivity index (χ3v) is 9.51. The van der Waals surface area contributed by atoms with Crippen LogP contribution in [0, 0.1) is 11.2 Å². The van der Waals surface area contributed by atoms with Gasteiger partial charge in [0.25, 0.3) is 5.92 Å². The fourth-order valence-corrected chi connectivity index (χ4v) is 6.76. The fraction of sp³-hybridized carbons (Fsp3) is 0.517. The van der Waals surface area contributed by atoms with Crippen LogP contribution >= 0.6 is 22.9 Å². The quantitative estimate of drug-likeness (QED) is 0.365. The summed E-state index contributed by atoms with van der Waals surface area (Å²) in [5.74, 6) is -5.27. The number of carboxylic acids is 1. The number of aromatic nitrogens is 1. The van der Waals surface area contributed by atoms with Gasteiger partial charge in [-0.15, -0.1) is 11.3 Å². The molecule has 44 heavy (non-hydrogen) atoms. The minimum absolute atomic E-state index is 0.0397. The molecule has 2 aromatic rings. The third-order valence-electron chi connectivity index (χ3n) is 8.33. The Morgan fingerprint density at radius 1 is 1.32 bits per heavy atom. The van der Waals surface area contributed by atoms with Crippen molar-refractivity contribution >= 4 is 40.7 Å². The topological polar surface area (TPSA) is 111 Å². The summed E-state index contributed by atoms with van der Waals surface area (Å²) in [5, 5.41) is 18.0. The number of esters is 1. The minimum Gasteiger partial charge on any atom is -0.481 e. The van der Waals surface area contributed by atoms with E-state index in [2.05, 4.69) is 10.3 Å². The zero-order chi connectivity index (χ0) is 32.0. The van der Waals surface area contributed by atoms with Crippen molar-refractivity contribution in [1.29, 1.82) is 0 Å². The number of hydrogen-bond acceptors (Lipinski definition) is 10. The number of aliphatic imine (C=N–C) groups is 1. The molecule has 1 aromatic carbocycles. The average molecular weight is 655 g/mol. The number of nitrogens with one attached hydrogen (secondary N) is 1. The zero-order valence-electron chi connectivity index (χ0n) is 24.7. The number of carboxylic acid groups (broad SMARTS) is 1. The van der Waals surface area contributed by atoms with Crippen molar-refractivity contribution in [3.05, 3.63) is 62.5 Å². The molecule has 3 unspecified atom stereocenters. The van der Waals surface area contributed by atoms with E-state index < -0.39 is 53.8 Å². The Kier molecular flexibility index (Phi) is 9.11. The Hall–Kier alpha value is -3.04. The molecule has 1 aromatic heterocycles. The van der Waals surface area contributed by atoms with Gasteiger partial charge < -0.3 is 15.2 Å². The largest absolute Gasteiger partial charge is 0.481 e. The summed E-state index contributed by atoms with van der Waals surface area (Å²) in [7, 11) is 1.71. The lowest BCUT2D eigenvalue weighted by molar-refractivity contribution is -0.149. The number of alkyl halides is 2. The summed E-state index contributed by atoms with van der Waals surface area (Å²) in [6, 6.07) is 1.28. The summed E-state index contributed by atoms with van der Waals surface area (Å²) in [5.41, 5.74) is -0.548. The number of carbonyl (C=O) groups excluding carboxylic acids is 1. The van der Waals surface area contributed by atoms with Crippen LogP contribution in [-0.4, -0.2) is 101 Å². The third kappa shape index (κ3) is 6.10. The number of likely N-dealkylation sites (N-methyl/N-ethyl adjacent to an activating group) is 1. The van der Waals surface area contributed by atoms with Gasteiger partial charge in [0, 0.05) is 55.6 Å². The molecule has 0 saturated carbocycles. The normalized spacial score (nSPS) is 24.3. The highest BCUT2D eigenvalue weighted by Gasteiger charge is 2.61. The first-order chi connectivity index (χ1) is 20.7. The van der Waals surface area contributed by atoms with Crippen LogP contribution in [0.2, 0.25) is 5.02 Å². The van der Waals surface area contributed by atoms with Gasteiger partial charge in [0.2, 0.25) is 0 Å². The molecular formula is C29H34ClF3N6O4S. The molecule has 0 bridgehead atoms. The van der Waals surface area contributed by atoms with Crippen molar-refractivity contribution in [2.75, 3.05) is 39.8 Å². The smallest absolute Gasteiger partial charge is 0.338 e. The molecule has 3 atom stereocenters. The first-order valence-corrected chi connectivity index (χ1v) is 15.4.